The first-order valence-corrected chi connectivity index (χ1v) is 9.69. The van der Waals surface area contributed by atoms with Gasteiger partial charge in [-0.1, -0.05) is 12.1 Å². The second-order valence-electron chi connectivity index (χ2n) is 6.69. The van der Waals surface area contributed by atoms with Gasteiger partial charge in [0, 0.05) is 44.6 Å². The van der Waals surface area contributed by atoms with Crippen LogP contribution in [0.4, 0.5) is 0 Å². The van der Waals surface area contributed by atoms with Crippen LogP contribution in [0.2, 0.25) is 0 Å². The van der Waals surface area contributed by atoms with Crippen molar-refractivity contribution >= 4 is 5.96 Å². The van der Waals surface area contributed by atoms with Gasteiger partial charge in [0.25, 0.3) is 0 Å². The number of aromatic nitrogens is 2. The van der Waals surface area contributed by atoms with Crippen molar-refractivity contribution in [1.82, 2.24) is 25.3 Å². The third kappa shape index (κ3) is 5.80. The second kappa shape index (κ2) is 10.1. The summed E-state index contributed by atoms with van der Waals surface area (Å²) in [6, 6.07) is 10.7. The summed E-state index contributed by atoms with van der Waals surface area (Å²) < 4.78 is 7.28. The molecule has 2 N–H and O–H groups in total. The second-order valence-corrected chi connectivity index (χ2v) is 6.69. The van der Waals surface area contributed by atoms with E-state index in [4.69, 9.17) is 9.73 Å². The Hall–Kier alpha value is -2.38. The van der Waals surface area contributed by atoms with Crippen molar-refractivity contribution < 1.29 is 4.74 Å². The summed E-state index contributed by atoms with van der Waals surface area (Å²) in [7, 11) is 0. The van der Waals surface area contributed by atoms with Gasteiger partial charge in [-0.05, 0) is 37.6 Å². The number of hydrogen-bond acceptors (Lipinski definition) is 4. The van der Waals surface area contributed by atoms with Crippen molar-refractivity contribution in [2.24, 2.45) is 4.99 Å². The summed E-state index contributed by atoms with van der Waals surface area (Å²) in [4.78, 5) is 7.17. The lowest BCUT2D eigenvalue weighted by atomic mass is 10.2. The van der Waals surface area contributed by atoms with Crippen LogP contribution in [-0.2, 0) is 11.3 Å². The summed E-state index contributed by atoms with van der Waals surface area (Å²) in [5.74, 6) is 0.855. The maximum atomic E-state index is 5.43. The summed E-state index contributed by atoms with van der Waals surface area (Å²) >= 11 is 0. The maximum absolute atomic E-state index is 5.43. The predicted molar refractivity (Wildman–Crippen MR) is 108 cm³/mol. The van der Waals surface area contributed by atoms with Crippen molar-refractivity contribution in [3.05, 3.63) is 48.3 Å². The Morgan fingerprint density at radius 1 is 1.22 bits per heavy atom. The Labute approximate surface area is 161 Å². The Bertz CT molecular complexity index is 692. The first-order valence-electron chi connectivity index (χ1n) is 9.69. The SMILES string of the molecule is CCNC(=NCc1ccc(-n2cccn2)cc1)NCC(C)N1CCOCC1. The van der Waals surface area contributed by atoms with Gasteiger partial charge in [0.15, 0.2) is 5.96 Å². The molecule has 1 aromatic heterocycles. The van der Waals surface area contributed by atoms with Crippen LogP contribution in [0.25, 0.3) is 5.69 Å². The molecule has 27 heavy (non-hydrogen) atoms. The first kappa shape index (κ1) is 19.4. The molecule has 1 unspecified atom stereocenters. The standard InChI is InChI=1S/C20H30N6O/c1-3-21-20(22-15-17(2)25-11-13-27-14-12-25)23-16-18-5-7-19(8-6-18)26-10-4-9-24-26/h4-10,17H,3,11-16H2,1-2H3,(H2,21,22,23). The quantitative estimate of drug-likeness (QED) is 0.573. The molecule has 1 saturated heterocycles. The molecule has 3 rings (SSSR count). The van der Waals surface area contributed by atoms with Crippen molar-refractivity contribution in [2.45, 2.75) is 26.4 Å². The van der Waals surface area contributed by atoms with Crippen LogP contribution >= 0.6 is 0 Å². The molecule has 2 aromatic rings. The van der Waals surface area contributed by atoms with Gasteiger partial charge in [0.1, 0.15) is 0 Å². The zero-order valence-corrected chi connectivity index (χ0v) is 16.3. The predicted octanol–water partition coefficient (Wildman–Crippen LogP) is 1.65. The molecule has 1 aromatic carbocycles. The Kier molecular flexibility index (Phi) is 7.24. The van der Waals surface area contributed by atoms with Crippen LogP contribution in [0.5, 0.6) is 0 Å². The number of guanidine groups is 1. The van der Waals surface area contributed by atoms with Gasteiger partial charge >= 0.3 is 0 Å². The van der Waals surface area contributed by atoms with Crippen LogP contribution in [0.3, 0.4) is 0 Å². The van der Waals surface area contributed by atoms with Crippen molar-refractivity contribution in [1.29, 1.82) is 0 Å². The molecular weight excluding hydrogens is 340 g/mol. The molecule has 1 aliphatic heterocycles. The highest BCUT2D eigenvalue weighted by molar-refractivity contribution is 5.79. The van der Waals surface area contributed by atoms with Gasteiger partial charge in [0.2, 0.25) is 0 Å². The van der Waals surface area contributed by atoms with Gasteiger partial charge in [-0.3, -0.25) is 4.90 Å². The summed E-state index contributed by atoms with van der Waals surface area (Å²) in [5, 5.41) is 11.0. The molecule has 0 saturated carbocycles. The van der Waals surface area contributed by atoms with Crippen LogP contribution < -0.4 is 10.6 Å². The van der Waals surface area contributed by atoms with Gasteiger partial charge < -0.3 is 15.4 Å². The van der Waals surface area contributed by atoms with Crippen molar-refractivity contribution in [3.63, 3.8) is 0 Å². The van der Waals surface area contributed by atoms with E-state index in [1.807, 2.05) is 16.9 Å². The largest absolute Gasteiger partial charge is 0.379 e. The molecule has 7 heteroatoms. The van der Waals surface area contributed by atoms with E-state index in [1.54, 1.807) is 6.20 Å². The molecule has 0 radical (unpaired) electrons. The van der Waals surface area contributed by atoms with E-state index in [2.05, 4.69) is 58.7 Å². The lowest BCUT2D eigenvalue weighted by Gasteiger charge is -2.32. The van der Waals surface area contributed by atoms with Crippen molar-refractivity contribution in [2.75, 3.05) is 39.4 Å². The molecule has 1 aliphatic rings. The fraction of sp³-hybridized carbons (Fsp3) is 0.500. The minimum absolute atomic E-state index is 0.450. The minimum Gasteiger partial charge on any atom is -0.379 e. The molecule has 1 fully saturated rings. The molecule has 0 bridgehead atoms. The topological polar surface area (TPSA) is 66.7 Å². The van der Waals surface area contributed by atoms with E-state index >= 15 is 0 Å². The summed E-state index contributed by atoms with van der Waals surface area (Å²) in [6.45, 7) is 10.3. The number of ether oxygens (including phenoxy) is 1. The minimum atomic E-state index is 0.450. The molecule has 146 valence electrons. The number of nitrogens with one attached hydrogen (secondary N) is 2. The average Bonchev–Trinajstić information content (AvgIpc) is 3.26. The van der Waals surface area contributed by atoms with Crippen molar-refractivity contribution in [3.8, 4) is 5.69 Å². The lowest BCUT2D eigenvalue weighted by Crippen LogP contribution is -2.49. The number of morpholine rings is 1. The number of rotatable bonds is 7. The molecular formula is C20H30N6O. The summed E-state index contributed by atoms with van der Waals surface area (Å²) in [6.07, 6.45) is 3.72. The highest BCUT2D eigenvalue weighted by Gasteiger charge is 2.16. The first-order chi connectivity index (χ1) is 13.3. The Morgan fingerprint density at radius 2 is 2.00 bits per heavy atom. The smallest absolute Gasteiger partial charge is 0.191 e. The van der Waals surface area contributed by atoms with E-state index in [9.17, 15) is 0 Å². The average molecular weight is 371 g/mol. The zero-order valence-electron chi connectivity index (χ0n) is 16.3. The molecule has 0 spiro atoms. The zero-order chi connectivity index (χ0) is 18.9. The van der Waals surface area contributed by atoms with Crippen LogP contribution in [0.15, 0.2) is 47.7 Å². The monoisotopic (exact) mass is 370 g/mol. The molecule has 7 nitrogen and oxygen atoms in total. The maximum Gasteiger partial charge on any atom is 0.191 e. The molecule has 2 heterocycles. The molecule has 0 aliphatic carbocycles. The van der Waals surface area contributed by atoms with E-state index in [0.717, 1.165) is 51.0 Å². The Morgan fingerprint density at radius 3 is 2.67 bits per heavy atom. The van der Waals surface area contributed by atoms with Gasteiger partial charge in [-0.25, -0.2) is 9.67 Å². The third-order valence-electron chi connectivity index (χ3n) is 4.70. The highest BCUT2D eigenvalue weighted by Crippen LogP contribution is 2.09. The van der Waals surface area contributed by atoms with E-state index in [1.165, 1.54) is 5.56 Å². The van der Waals surface area contributed by atoms with E-state index in [-0.39, 0.29) is 0 Å². The summed E-state index contributed by atoms with van der Waals surface area (Å²) in [5.41, 5.74) is 2.22. The number of benzene rings is 1. The number of hydrogen-bond donors (Lipinski definition) is 2. The van der Waals surface area contributed by atoms with Gasteiger partial charge in [-0.15, -0.1) is 0 Å². The fourth-order valence-electron chi connectivity index (χ4n) is 3.08. The van der Waals surface area contributed by atoms with Gasteiger partial charge in [-0.2, -0.15) is 5.10 Å². The highest BCUT2D eigenvalue weighted by atomic mass is 16.5. The molecule has 1 atom stereocenters. The number of aliphatic imine (C=N–C) groups is 1. The van der Waals surface area contributed by atoms with Crippen LogP contribution in [0, 0.1) is 0 Å². The number of nitrogens with zero attached hydrogens (tertiary/aromatic N) is 4. The normalized spacial score (nSPS) is 16.9. The lowest BCUT2D eigenvalue weighted by molar-refractivity contribution is 0.0211. The van der Waals surface area contributed by atoms with Crippen LogP contribution in [-0.4, -0.2) is 66.1 Å². The van der Waals surface area contributed by atoms with E-state index < -0.39 is 0 Å². The van der Waals surface area contributed by atoms with Gasteiger partial charge in [0.05, 0.1) is 25.4 Å². The third-order valence-corrected chi connectivity index (χ3v) is 4.70. The Balaban J connectivity index is 1.53. The van der Waals surface area contributed by atoms with Crippen LogP contribution in [0.1, 0.15) is 19.4 Å². The molecule has 0 amide bonds. The van der Waals surface area contributed by atoms with E-state index in [0.29, 0.717) is 12.6 Å². The fourth-order valence-corrected chi connectivity index (χ4v) is 3.08.